The van der Waals surface area contributed by atoms with E-state index < -0.39 is 0 Å². The minimum Gasteiger partial charge on any atom is -0.339 e. The fraction of sp³-hybridized carbons (Fsp3) is 0.353. The van der Waals surface area contributed by atoms with Crippen molar-refractivity contribution in [2.75, 3.05) is 13.1 Å². The molecule has 8 nitrogen and oxygen atoms in total. The molecule has 0 atom stereocenters. The van der Waals surface area contributed by atoms with E-state index in [1.165, 1.54) is 0 Å². The van der Waals surface area contributed by atoms with E-state index in [-0.39, 0.29) is 5.91 Å². The molecule has 4 heterocycles. The standard InChI is InChI=1S/C17H19N7O/c1-22-9-6-18-16(22)13-4-7-23(8-5-13)17(25)14-2-3-15(19-10-14)24-11-20-21-12-24/h2-3,6,9-13H,4-5,7-8H2,1H3. The Morgan fingerprint density at radius 1 is 1.12 bits per heavy atom. The molecule has 1 fully saturated rings. The van der Waals surface area contributed by atoms with Crippen molar-refractivity contribution in [1.82, 2.24) is 34.2 Å². The van der Waals surface area contributed by atoms with Crippen LogP contribution in [0.1, 0.15) is 34.9 Å². The van der Waals surface area contributed by atoms with Crippen LogP contribution in [0.25, 0.3) is 5.82 Å². The number of pyridine rings is 1. The largest absolute Gasteiger partial charge is 0.339 e. The zero-order valence-corrected chi connectivity index (χ0v) is 14.0. The predicted octanol–water partition coefficient (Wildman–Crippen LogP) is 1.42. The zero-order valence-electron chi connectivity index (χ0n) is 14.0. The molecule has 0 aromatic carbocycles. The molecule has 0 saturated carbocycles. The van der Waals surface area contributed by atoms with Gasteiger partial charge in [0.25, 0.3) is 5.91 Å². The number of hydrogen-bond donors (Lipinski definition) is 0. The van der Waals surface area contributed by atoms with Gasteiger partial charge in [-0.3, -0.25) is 9.36 Å². The third-order valence-corrected chi connectivity index (χ3v) is 4.68. The highest BCUT2D eigenvalue weighted by molar-refractivity contribution is 5.94. The molecule has 25 heavy (non-hydrogen) atoms. The van der Waals surface area contributed by atoms with Crippen molar-refractivity contribution in [3.63, 3.8) is 0 Å². The van der Waals surface area contributed by atoms with Gasteiger partial charge in [-0.05, 0) is 25.0 Å². The lowest BCUT2D eigenvalue weighted by atomic mass is 9.95. The van der Waals surface area contributed by atoms with E-state index >= 15 is 0 Å². The van der Waals surface area contributed by atoms with Crippen molar-refractivity contribution in [3.05, 3.63) is 54.8 Å². The molecule has 1 amide bonds. The average molecular weight is 337 g/mol. The number of hydrogen-bond acceptors (Lipinski definition) is 5. The van der Waals surface area contributed by atoms with Gasteiger partial charge in [0.15, 0.2) is 0 Å². The van der Waals surface area contributed by atoms with E-state index in [0.29, 0.717) is 17.3 Å². The molecule has 0 bridgehead atoms. The van der Waals surface area contributed by atoms with Crippen LogP contribution in [-0.2, 0) is 7.05 Å². The molecule has 0 spiro atoms. The second kappa shape index (κ2) is 6.46. The lowest BCUT2D eigenvalue weighted by Crippen LogP contribution is -2.38. The quantitative estimate of drug-likeness (QED) is 0.722. The summed E-state index contributed by atoms with van der Waals surface area (Å²) in [6.07, 6.45) is 10.4. The molecule has 1 saturated heterocycles. The van der Waals surface area contributed by atoms with Gasteiger partial charge in [-0.2, -0.15) is 0 Å². The van der Waals surface area contributed by atoms with Crippen molar-refractivity contribution in [1.29, 1.82) is 0 Å². The van der Waals surface area contributed by atoms with Crippen molar-refractivity contribution in [2.24, 2.45) is 7.05 Å². The summed E-state index contributed by atoms with van der Waals surface area (Å²) in [4.78, 5) is 23.4. The van der Waals surface area contributed by atoms with Gasteiger partial charge < -0.3 is 9.47 Å². The molecule has 0 aliphatic carbocycles. The Labute approximate surface area is 145 Å². The highest BCUT2D eigenvalue weighted by Gasteiger charge is 2.26. The molecule has 3 aromatic heterocycles. The molecule has 0 radical (unpaired) electrons. The van der Waals surface area contributed by atoms with Crippen LogP contribution in [-0.4, -0.2) is 53.2 Å². The Balaban J connectivity index is 1.41. The SMILES string of the molecule is Cn1ccnc1C1CCN(C(=O)c2ccc(-n3cnnc3)nc2)CC1. The summed E-state index contributed by atoms with van der Waals surface area (Å²) in [6, 6.07) is 3.60. The van der Waals surface area contributed by atoms with Gasteiger partial charge in [0.1, 0.15) is 24.3 Å². The summed E-state index contributed by atoms with van der Waals surface area (Å²) in [5.74, 6) is 2.24. The summed E-state index contributed by atoms with van der Waals surface area (Å²) in [6.45, 7) is 1.48. The van der Waals surface area contributed by atoms with Gasteiger partial charge in [0.2, 0.25) is 0 Å². The molecule has 0 unspecified atom stereocenters. The molecule has 1 aliphatic rings. The maximum Gasteiger partial charge on any atom is 0.255 e. The molecule has 4 rings (SSSR count). The number of likely N-dealkylation sites (tertiary alicyclic amines) is 1. The summed E-state index contributed by atoms with van der Waals surface area (Å²) in [7, 11) is 2.02. The first-order valence-electron chi connectivity index (χ1n) is 8.30. The fourth-order valence-corrected chi connectivity index (χ4v) is 3.28. The summed E-state index contributed by atoms with van der Waals surface area (Å²) < 4.78 is 3.77. The van der Waals surface area contributed by atoms with Gasteiger partial charge in [-0.1, -0.05) is 0 Å². The molecule has 3 aromatic rings. The Morgan fingerprint density at radius 2 is 1.88 bits per heavy atom. The summed E-state index contributed by atoms with van der Waals surface area (Å²) in [5.41, 5.74) is 0.604. The van der Waals surface area contributed by atoms with Gasteiger partial charge in [0, 0.05) is 44.6 Å². The van der Waals surface area contributed by atoms with E-state index in [2.05, 4.69) is 24.7 Å². The first-order valence-corrected chi connectivity index (χ1v) is 8.30. The number of aromatic nitrogens is 6. The Kier molecular flexibility index (Phi) is 4.01. The third kappa shape index (κ3) is 3.02. The summed E-state index contributed by atoms with van der Waals surface area (Å²) >= 11 is 0. The van der Waals surface area contributed by atoms with Crippen LogP contribution in [0, 0.1) is 0 Å². The van der Waals surface area contributed by atoms with E-state index in [0.717, 1.165) is 31.8 Å². The van der Waals surface area contributed by atoms with Gasteiger partial charge in [-0.25, -0.2) is 9.97 Å². The van der Waals surface area contributed by atoms with E-state index in [4.69, 9.17) is 0 Å². The maximum atomic E-state index is 12.7. The Hall–Kier alpha value is -3.03. The van der Waals surface area contributed by atoms with Gasteiger partial charge in [0.05, 0.1) is 5.56 Å². The minimum absolute atomic E-state index is 0.0288. The number of imidazole rings is 1. The molecule has 0 N–H and O–H groups in total. The van der Waals surface area contributed by atoms with Crippen LogP contribution in [0.2, 0.25) is 0 Å². The second-order valence-electron chi connectivity index (χ2n) is 6.24. The average Bonchev–Trinajstić information content (AvgIpc) is 3.33. The first kappa shape index (κ1) is 15.5. The fourth-order valence-electron chi connectivity index (χ4n) is 3.28. The number of carbonyl (C=O) groups is 1. The van der Waals surface area contributed by atoms with Crippen LogP contribution in [0.3, 0.4) is 0 Å². The maximum absolute atomic E-state index is 12.7. The molecule has 8 heteroatoms. The number of nitrogens with zero attached hydrogens (tertiary/aromatic N) is 7. The van der Waals surface area contributed by atoms with Crippen molar-refractivity contribution >= 4 is 5.91 Å². The van der Waals surface area contributed by atoms with Crippen molar-refractivity contribution in [2.45, 2.75) is 18.8 Å². The monoisotopic (exact) mass is 337 g/mol. The summed E-state index contributed by atoms with van der Waals surface area (Å²) in [5, 5.41) is 7.51. The van der Waals surface area contributed by atoms with Crippen LogP contribution in [0.15, 0.2) is 43.4 Å². The van der Waals surface area contributed by atoms with Gasteiger partial charge >= 0.3 is 0 Å². The topological polar surface area (TPSA) is 81.7 Å². The lowest BCUT2D eigenvalue weighted by Gasteiger charge is -2.31. The highest BCUT2D eigenvalue weighted by Crippen LogP contribution is 2.27. The lowest BCUT2D eigenvalue weighted by molar-refractivity contribution is 0.0710. The number of piperidine rings is 1. The number of amides is 1. The normalized spacial score (nSPS) is 15.5. The number of carbonyl (C=O) groups excluding carboxylic acids is 1. The molecular weight excluding hydrogens is 318 g/mol. The predicted molar refractivity (Wildman–Crippen MR) is 90.2 cm³/mol. The molecule has 1 aliphatic heterocycles. The molecular formula is C17H19N7O. The van der Waals surface area contributed by atoms with Crippen LogP contribution in [0.4, 0.5) is 0 Å². The van der Waals surface area contributed by atoms with Crippen LogP contribution >= 0.6 is 0 Å². The zero-order chi connectivity index (χ0) is 17.2. The number of aryl methyl sites for hydroxylation is 1. The number of rotatable bonds is 3. The van der Waals surface area contributed by atoms with Gasteiger partial charge in [-0.15, -0.1) is 10.2 Å². The third-order valence-electron chi connectivity index (χ3n) is 4.68. The van der Waals surface area contributed by atoms with Crippen molar-refractivity contribution in [3.8, 4) is 5.82 Å². The second-order valence-corrected chi connectivity index (χ2v) is 6.24. The Bertz CT molecular complexity index is 846. The van der Waals surface area contributed by atoms with E-state index in [9.17, 15) is 4.79 Å². The van der Waals surface area contributed by atoms with Crippen molar-refractivity contribution < 1.29 is 4.79 Å². The highest BCUT2D eigenvalue weighted by atomic mass is 16.2. The van der Waals surface area contributed by atoms with E-state index in [1.807, 2.05) is 24.3 Å². The minimum atomic E-state index is 0.0288. The smallest absolute Gasteiger partial charge is 0.255 e. The van der Waals surface area contributed by atoms with Crippen LogP contribution in [0.5, 0.6) is 0 Å². The first-order chi connectivity index (χ1) is 12.2. The Morgan fingerprint density at radius 3 is 2.48 bits per heavy atom. The van der Waals surface area contributed by atoms with E-state index in [1.54, 1.807) is 35.6 Å². The van der Waals surface area contributed by atoms with Crippen LogP contribution < -0.4 is 0 Å². The molecule has 128 valence electrons.